The van der Waals surface area contributed by atoms with Gasteiger partial charge in [-0.1, -0.05) is 18.2 Å². The molecule has 104 valence electrons. The van der Waals surface area contributed by atoms with Crippen LogP contribution in [0.4, 0.5) is 5.82 Å². The number of carbonyl (C=O) groups is 1. The molecule has 0 spiro atoms. The van der Waals surface area contributed by atoms with Gasteiger partial charge in [0.2, 0.25) is 5.91 Å². The number of nitrogens with two attached hydrogens (primary N) is 1. The Morgan fingerprint density at radius 1 is 1.10 bits per heavy atom. The lowest BCUT2D eigenvalue weighted by molar-refractivity contribution is -0.122. The summed E-state index contributed by atoms with van der Waals surface area (Å²) in [4.78, 5) is 15.8. The Balaban J connectivity index is 1.66. The monoisotopic (exact) mass is 269 g/mol. The van der Waals surface area contributed by atoms with Crippen LogP contribution >= 0.6 is 0 Å². The van der Waals surface area contributed by atoms with Crippen molar-refractivity contribution in [1.82, 2.24) is 4.98 Å². The average Bonchev–Trinajstić information content (AvgIpc) is 2.48. The molecule has 3 rings (SSSR count). The molecule has 1 aromatic heterocycles. The maximum Gasteiger partial charge on any atom is 0.220 e. The van der Waals surface area contributed by atoms with Crippen LogP contribution in [0.1, 0.15) is 25.7 Å². The Morgan fingerprint density at radius 3 is 2.60 bits per heavy atom. The number of nitrogens with zero attached hydrogens (tertiary/aromatic N) is 1. The van der Waals surface area contributed by atoms with Crippen molar-refractivity contribution in [3.63, 3.8) is 0 Å². The Labute approximate surface area is 118 Å². The second kappa shape index (κ2) is 5.49. The van der Waals surface area contributed by atoms with Crippen molar-refractivity contribution in [2.75, 3.05) is 5.32 Å². The van der Waals surface area contributed by atoms with Crippen LogP contribution < -0.4 is 11.1 Å². The average molecular weight is 269 g/mol. The van der Waals surface area contributed by atoms with Gasteiger partial charge in [-0.05, 0) is 43.9 Å². The van der Waals surface area contributed by atoms with Crippen LogP contribution in [0.3, 0.4) is 0 Å². The van der Waals surface area contributed by atoms with Gasteiger partial charge in [0.05, 0.1) is 5.52 Å². The first-order valence-electron chi connectivity index (χ1n) is 7.14. The summed E-state index contributed by atoms with van der Waals surface area (Å²) < 4.78 is 0. The van der Waals surface area contributed by atoms with E-state index in [0.717, 1.165) is 42.4 Å². The van der Waals surface area contributed by atoms with Crippen molar-refractivity contribution in [3.8, 4) is 0 Å². The quantitative estimate of drug-likeness (QED) is 0.900. The highest BCUT2D eigenvalue weighted by molar-refractivity contribution is 5.80. The summed E-state index contributed by atoms with van der Waals surface area (Å²) in [5.41, 5.74) is 6.36. The number of fused-ring (bicyclic) bond motifs is 1. The summed E-state index contributed by atoms with van der Waals surface area (Å²) in [6.45, 7) is 0. The molecule has 0 aliphatic heterocycles. The molecule has 20 heavy (non-hydrogen) atoms. The highest BCUT2D eigenvalue weighted by Gasteiger charge is 2.24. The lowest BCUT2D eigenvalue weighted by Gasteiger charge is -2.27. The summed E-state index contributed by atoms with van der Waals surface area (Å²) in [6, 6.07) is 12.6. The number of para-hydroxylation sites is 1. The molecule has 0 atom stereocenters. The van der Waals surface area contributed by atoms with Gasteiger partial charge in [0, 0.05) is 17.3 Å². The fraction of sp³-hybridized carbons (Fsp3) is 0.375. The molecule has 0 radical (unpaired) electrons. The molecule has 2 aromatic rings. The number of carbonyl (C=O) groups excluding carboxylic acids is 1. The predicted molar refractivity (Wildman–Crippen MR) is 80.3 cm³/mol. The summed E-state index contributed by atoms with van der Waals surface area (Å²) in [5, 5.41) is 4.62. The predicted octanol–water partition coefficient (Wildman–Crippen LogP) is 2.69. The van der Waals surface area contributed by atoms with E-state index in [1.54, 1.807) is 0 Å². The highest BCUT2D eigenvalue weighted by Crippen LogP contribution is 2.26. The van der Waals surface area contributed by atoms with E-state index in [1.807, 2.05) is 24.3 Å². The molecule has 0 unspecified atom stereocenters. The molecule has 4 heteroatoms. The summed E-state index contributed by atoms with van der Waals surface area (Å²) >= 11 is 0. The molecule has 4 nitrogen and oxygen atoms in total. The second-order valence-corrected chi connectivity index (χ2v) is 5.48. The number of amides is 1. The van der Waals surface area contributed by atoms with Crippen LogP contribution in [-0.4, -0.2) is 16.9 Å². The first kappa shape index (κ1) is 12.9. The van der Waals surface area contributed by atoms with Crippen LogP contribution in [0.25, 0.3) is 10.9 Å². The number of aromatic nitrogens is 1. The first-order chi connectivity index (χ1) is 9.72. The molecule has 1 aliphatic carbocycles. The van der Waals surface area contributed by atoms with E-state index in [-0.39, 0.29) is 11.8 Å². The molecule has 1 amide bonds. The third-order valence-electron chi connectivity index (χ3n) is 4.08. The molecule has 0 bridgehead atoms. The van der Waals surface area contributed by atoms with E-state index in [2.05, 4.69) is 22.4 Å². The number of hydrogen-bond acceptors (Lipinski definition) is 3. The zero-order valence-electron chi connectivity index (χ0n) is 11.4. The molecule has 1 heterocycles. The second-order valence-electron chi connectivity index (χ2n) is 5.48. The minimum atomic E-state index is -0.160. The molecule has 1 aromatic carbocycles. The largest absolute Gasteiger partial charge is 0.369 e. The number of pyridine rings is 1. The third kappa shape index (κ3) is 2.74. The van der Waals surface area contributed by atoms with Crippen molar-refractivity contribution >= 4 is 22.6 Å². The van der Waals surface area contributed by atoms with Crippen LogP contribution in [0.5, 0.6) is 0 Å². The number of rotatable bonds is 3. The van der Waals surface area contributed by atoms with Crippen molar-refractivity contribution < 1.29 is 4.79 Å². The van der Waals surface area contributed by atoms with Crippen molar-refractivity contribution in [2.45, 2.75) is 31.7 Å². The number of hydrogen-bond donors (Lipinski definition) is 2. The minimum absolute atomic E-state index is 0.0533. The number of primary amides is 1. The Kier molecular flexibility index (Phi) is 3.54. The van der Waals surface area contributed by atoms with Crippen LogP contribution in [0, 0.1) is 5.92 Å². The Bertz CT molecular complexity index is 618. The van der Waals surface area contributed by atoms with Gasteiger partial charge in [-0.3, -0.25) is 4.79 Å². The number of nitrogens with one attached hydrogen (secondary N) is 1. The van der Waals surface area contributed by atoms with Crippen LogP contribution in [0.2, 0.25) is 0 Å². The molecular formula is C16H19N3O. The zero-order chi connectivity index (χ0) is 13.9. The van der Waals surface area contributed by atoms with Crippen molar-refractivity contribution in [2.24, 2.45) is 11.7 Å². The smallest absolute Gasteiger partial charge is 0.220 e. The molecular weight excluding hydrogens is 250 g/mol. The van der Waals surface area contributed by atoms with E-state index in [9.17, 15) is 4.79 Å². The maximum absolute atomic E-state index is 11.2. The lowest BCUT2D eigenvalue weighted by atomic mass is 9.85. The Hall–Kier alpha value is -2.10. The van der Waals surface area contributed by atoms with Gasteiger partial charge < -0.3 is 11.1 Å². The molecule has 1 saturated carbocycles. The third-order valence-corrected chi connectivity index (χ3v) is 4.08. The van der Waals surface area contributed by atoms with Gasteiger partial charge in [-0.15, -0.1) is 0 Å². The van der Waals surface area contributed by atoms with Gasteiger partial charge >= 0.3 is 0 Å². The minimum Gasteiger partial charge on any atom is -0.369 e. The van der Waals surface area contributed by atoms with Crippen LogP contribution in [-0.2, 0) is 4.79 Å². The van der Waals surface area contributed by atoms with Gasteiger partial charge in [0.25, 0.3) is 0 Å². The standard InChI is InChI=1S/C16H19N3O/c17-16(20)12-5-8-13(9-6-12)18-15-10-7-11-3-1-2-4-14(11)19-15/h1-4,7,10,12-13H,5-6,8-9H2,(H2,17,20)(H,18,19)/t12-,13+. The molecule has 0 saturated heterocycles. The number of anilines is 1. The number of benzene rings is 1. The summed E-state index contributed by atoms with van der Waals surface area (Å²) in [7, 11) is 0. The fourth-order valence-corrected chi connectivity index (χ4v) is 2.88. The lowest BCUT2D eigenvalue weighted by Crippen LogP contribution is -2.32. The molecule has 3 N–H and O–H groups in total. The van der Waals surface area contributed by atoms with E-state index in [0.29, 0.717) is 6.04 Å². The van der Waals surface area contributed by atoms with E-state index in [4.69, 9.17) is 5.73 Å². The molecule has 1 fully saturated rings. The topological polar surface area (TPSA) is 68.0 Å². The van der Waals surface area contributed by atoms with Gasteiger partial charge in [0.1, 0.15) is 5.82 Å². The zero-order valence-corrected chi connectivity index (χ0v) is 11.4. The Morgan fingerprint density at radius 2 is 1.85 bits per heavy atom. The van der Waals surface area contributed by atoms with Crippen molar-refractivity contribution in [1.29, 1.82) is 0 Å². The SMILES string of the molecule is NC(=O)[C@H]1CC[C@@H](Nc2ccc3ccccc3n2)CC1. The normalized spacial score (nSPS) is 22.6. The van der Waals surface area contributed by atoms with E-state index < -0.39 is 0 Å². The molecule has 1 aliphatic rings. The fourth-order valence-electron chi connectivity index (χ4n) is 2.88. The van der Waals surface area contributed by atoms with Gasteiger partial charge in [-0.2, -0.15) is 0 Å². The van der Waals surface area contributed by atoms with Gasteiger partial charge in [-0.25, -0.2) is 4.98 Å². The van der Waals surface area contributed by atoms with Crippen LogP contribution in [0.15, 0.2) is 36.4 Å². The highest BCUT2D eigenvalue weighted by atomic mass is 16.1. The first-order valence-corrected chi connectivity index (χ1v) is 7.14. The van der Waals surface area contributed by atoms with E-state index >= 15 is 0 Å². The maximum atomic E-state index is 11.2. The van der Waals surface area contributed by atoms with E-state index in [1.165, 1.54) is 0 Å². The summed E-state index contributed by atoms with van der Waals surface area (Å²) in [6.07, 6.45) is 3.70. The summed E-state index contributed by atoms with van der Waals surface area (Å²) in [5.74, 6) is 0.802. The van der Waals surface area contributed by atoms with Crippen molar-refractivity contribution in [3.05, 3.63) is 36.4 Å². The van der Waals surface area contributed by atoms with Gasteiger partial charge in [0.15, 0.2) is 0 Å².